The Morgan fingerprint density at radius 1 is 0.923 bits per heavy atom. The molecule has 0 aromatic rings. The molecule has 0 saturated carbocycles. The number of nitrogens with zero attached hydrogens (tertiary/aromatic N) is 2. The van der Waals surface area contributed by atoms with Gasteiger partial charge in [0.2, 0.25) is 0 Å². The first-order chi connectivity index (χ1) is 12.1. The Balaban J connectivity index is 4.59. The molecule has 0 aromatic heterocycles. The second-order valence-corrected chi connectivity index (χ2v) is 13.6. The maximum Gasteiger partial charge on any atom is 0.147 e. The molecule has 0 radical (unpaired) electrons. The minimum Gasteiger partial charge on any atom is -0.263 e. The summed E-state index contributed by atoms with van der Waals surface area (Å²) in [6.07, 6.45) is 4.04. The molecule has 0 aromatic carbocycles. The molecule has 0 spiro atoms. The van der Waals surface area contributed by atoms with Gasteiger partial charge in [-0.15, -0.1) is 5.54 Å². The molecule has 26 heavy (non-hydrogen) atoms. The lowest BCUT2D eigenvalue weighted by molar-refractivity contribution is 0.677. The topological polar surface area (TPSA) is 36.1 Å². The van der Waals surface area contributed by atoms with Crippen LogP contribution in [0.15, 0.2) is 4.99 Å². The molecule has 0 aliphatic rings. The zero-order valence-corrected chi connectivity index (χ0v) is 18.8. The van der Waals surface area contributed by atoms with Crippen LogP contribution in [0, 0.1) is 46.5 Å². The Kier molecular flexibility index (Phi) is 10.8. The van der Waals surface area contributed by atoms with E-state index < -0.39 is 13.6 Å². The van der Waals surface area contributed by atoms with Gasteiger partial charge in [-0.25, -0.2) is 0 Å². The van der Waals surface area contributed by atoms with Crippen LogP contribution in [0.3, 0.4) is 0 Å². The first-order valence-electron chi connectivity index (χ1n) is 9.53. The van der Waals surface area contributed by atoms with Crippen LogP contribution in [0.25, 0.3) is 0 Å². The average Bonchev–Trinajstić information content (AvgIpc) is 2.54. The highest BCUT2D eigenvalue weighted by molar-refractivity contribution is 6.90. The van der Waals surface area contributed by atoms with Crippen molar-refractivity contribution in [2.24, 2.45) is 4.99 Å². The molecule has 0 unspecified atom stereocenters. The lowest BCUT2D eigenvalue weighted by atomic mass is 10.1. The number of nitriles is 1. The van der Waals surface area contributed by atoms with E-state index in [1.54, 1.807) is 13.8 Å². The number of hydrogen-bond acceptors (Lipinski definition) is 2. The fourth-order valence-electron chi connectivity index (χ4n) is 3.28. The van der Waals surface area contributed by atoms with E-state index in [4.69, 9.17) is 5.26 Å². The number of hydrogen-bond donors (Lipinski definition) is 0. The SMILES string of the molecule is CC(C)[Si](C#CC#CCCCC#CC=NC(C)(C)C#N)(C(C)C)C(C)C. The van der Waals surface area contributed by atoms with E-state index in [9.17, 15) is 0 Å². The molecule has 0 bridgehead atoms. The molecule has 0 saturated heterocycles. The zero-order valence-electron chi connectivity index (χ0n) is 17.8. The second-order valence-electron chi connectivity index (χ2n) is 8.05. The molecule has 0 N–H and O–H groups in total. The van der Waals surface area contributed by atoms with Crippen LogP contribution < -0.4 is 0 Å². The van der Waals surface area contributed by atoms with Gasteiger partial charge in [0, 0.05) is 12.8 Å². The average molecular weight is 367 g/mol. The molecule has 2 nitrogen and oxygen atoms in total. The van der Waals surface area contributed by atoms with Crippen molar-refractivity contribution in [3.8, 4) is 41.2 Å². The van der Waals surface area contributed by atoms with Gasteiger partial charge in [0.15, 0.2) is 0 Å². The molecule has 0 atom stereocenters. The predicted molar refractivity (Wildman–Crippen MR) is 116 cm³/mol. The summed E-state index contributed by atoms with van der Waals surface area (Å²) in [6, 6.07) is 2.11. The Labute approximate surface area is 162 Å². The summed E-state index contributed by atoms with van der Waals surface area (Å²) in [7, 11) is -1.66. The van der Waals surface area contributed by atoms with Gasteiger partial charge < -0.3 is 0 Å². The first-order valence-corrected chi connectivity index (χ1v) is 11.8. The van der Waals surface area contributed by atoms with E-state index >= 15 is 0 Å². The van der Waals surface area contributed by atoms with Gasteiger partial charge >= 0.3 is 0 Å². The molecular weight excluding hydrogens is 332 g/mol. The third kappa shape index (κ3) is 7.96. The third-order valence-corrected chi connectivity index (χ3v) is 11.0. The van der Waals surface area contributed by atoms with Crippen LogP contribution in [0.1, 0.15) is 74.7 Å². The van der Waals surface area contributed by atoms with Gasteiger partial charge in [0.25, 0.3) is 0 Å². The highest BCUT2D eigenvalue weighted by atomic mass is 28.3. The molecule has 0 aliphatic heterocycles. The van der Waals surface area contributed by atoms with Crippen LogP contribution in [0.2, 0.25) is 16.6 Å². The summed E-state index contributed by atoms with van der Waals surface area (Å²) in [5.74, 6) is 15.3. The zero-order chi connectivity index (χ0) is 20.2. The monoisotopic (exact) mass is 366 g/mol. The highest BCUT2D eigenvalue weighted by Crippen LogP contribution is 2.40. The summed E-state index contributed by atoms with van der Waals surface area (Å²) in [6.45, 7) is 17.4. The van der Waals surface area contributed by atoms with Crippen molar-refractivity contribution in [1.82, 2.24) is 0 Å². The fourth-order valence-corrected chi connectivity index (χ4v) is 8.43. The van der Waals surface area contributed by atoms with Crippen molar-refractivity contribution in [2.45, 2.75) is 96.8 Å². The molecule has 3 heteroatoms. The van der Waals surface area contributed by atoms with Gasteiger partial charge in [-0.05, 0) is 48.7 Å². The summed E-state index contributed by atoms with van der Waals surface area (Å²) >= 11 is 0. The summed E-state index contributed by atoms with van der Waals surface area (Å²) in [4.78, 5) is 4.10. The van der Waals surface area contributed by atoms with Crippen LogP contribution >= 0.6 is 0 Å². The van der Waals surface area contributed by atoms with E-state index in [-0.39, 0.29) is 0 Å². The predicted octanol–water partition coefficient (Wildman–Crippen LogP) is 5.76. The van der Waals surface area contributed by atoms with Crippen molar-refractivity contribution in [3.63, 3.8) is 0 Å². The van der Waals surface area contributed by atoms with Gasteiger partial charge in [-0.1, -0.05) is 59.3 Å². The van der Waals surface area contributed by atoms with E-state index in [0.29, 0.717) is 16.6 Å². The minimum atomic E-state index is -1.66. The van der Waals surface area contributed by atoms with Crippen molar-refractivity contribution >= 4 is 14.3 Å². The van der Waals surface area contributed by atoms with Gasteiger partial charge in [0.1, 0.15) is 13.6 Å². The quantitative estimate of drug-likeness (QED) is 0.255. The highest BCUT2D eigenvalue weighted by Gasteiger charge is 2.41. The van der Waals surface area contributed by atoms with Crippen LogP contribution in [-0.4, -0.2) is 19.8 Å². The Morgan fingerprint density at radius 3 is 1.96 bits per heavy atom. The van der Waals surface area contributed by atoms with Crippen molar-refractivity contribution in [2.75, 3.05) is 0 Å². The van der Waals surface area contributed by atoms with Gasteiger partial charge in [0.05, 0.1) is 12.3 Å². The number of unbranched alkanes of at least 4 members (excludes halogenated alkanes) is 2. The molecular formula is C23H34N2Si. The van der Waals surface area contributed by atoms with Crippen molar-refractivity contribution in [1.29, 1.82) is 5.26 Å². The standard InChI is InChI=1S/C23H34N2Si/c1-20(2)26(21(3)4,22(5)6)18-16-14-12-10-9-11-13-15-17-25-23(7,8)19-24/h17,20-22H,9-11H2,1-8H3. The van der Waals surface area contributed by atoms with E-state index in [0.717, 1.165) is 19.3 Å². The third-order valence-electron chi connectivity index (χ3n) is 4.73. The number of rotatable bonds is 6. The van der Waals surface area contributed by atoms with Crippen molar-refractivity contribution in [3.05, 3.63) is 0 Å². The summed E-state index contributed by atoms with van der Waals surface area (Å²) < 4.78 is 0. The fraction of sp³-hybridized carbons (Fsp3) is 0.652. The lowest BCUT2D eigenvalue weighted by Gasteiger charge is -2.37. The van der Waals surface area contributed by atoms with E-state index in [1.807, 2.05) is 0 Å². The van der Waals surface area contributed by atoms with Crippen LogP contribution in [-0.2, 0) is 0 Å². The first kappa shape index (κ1) is 24.1. The normalized spacial score (nSPS) is 11.5. The van der Waals surface area contributed by atoms with Crippen molar-refractivity contribution < 1.29 is 0 Å². The lowest BCUT2D eigenvalue weighted by Crippen LogP contribution is -2.43. The Morgan fingerprint density at radius 2 is 1.46 bits per heavy atom. The molecule has 0 heterocycles. The van der Waals surface area contributed by atoms with E-state index in [2.05, 4.69) is 87.7 Å². The molecule has 0 aliphatic carbocycles. The van der Waals surface area contributed by atoms with Gasteiger partial charge in [-0.2, -0.15) is 5.26 Å². The largest absolute Gasteiger partial charge is 0.263 e. The molecule has 140 valence electrons. The maximum atomic E-state index is 8.84. The summed E-state index contributed by atoms with van der Waals surface area (Å²) in [5, 5.41) is 8.84. The van der Waals surface area contributed by atoms with Crippen LogP contribution in [0.5, 0.6) is 0 Å². The Hall–Kier alpha value is -1.94. The van der Waals surface area contributed by atoms with Crippen LogP contribution in [0.4, 0.5) is 0 Å². The minimum absolute atomic E-state index is 0.639. The molecule has 0 amide bonds. The maximum absolute atomic E-state index is 8.84. The van der Waals surface area contributed by atoms with Gasteiger partial charge in [-0.3, -0.25) is 4.99 Å². The summed E-state index contributed by atoms with van der Waals surface area (Å²) in [5.41, 5.74) is 4.83. The molecule has 0 rings (SSSR count). The number of aliphatic imine (C=N–C) groups is 1. The second kappa shape index (κ2) is 11.6. The molecule has 0 fully saturated rings. The smallest absolute Gasteiger partial charge is 0.147 e. The Bertz CT molecular complexity index is 664. The van der Waals surface area contributed by atoms with E-state index in [1.165, 1.54) is 6.21 Å².